The molecular weight excluding hydrogens is 424 g/mol. The number of aryl methyl sites for hydroxylation is 1. The number of amides is 1. The van der Waals surface area contributed by atoms with E-state index in [-0.39, 0.29) is 17.1 Å². The average Bonchev–Trinajstić information content (AvgIpc) is 3.44. The van der Waals surface area contributed by atoms with Crippen LogP contribution in [0.25, 0.3) is 11.0 Å². The standard InChI is InChI=1S/C25H22N2O4S/c1-3-11-30-17-7-5-6-16(14-17)21-20-22(28)18-13-15(4-2)8-9-19(18)31-23(20)24(29)27(21)25-26-10-12-32-25/h5-10,12-14,21H,3-4,11H2,1-2H3. The van der Waals surface area contributed by atoms with E-state index in [4.69, 9.17) is 9.15 Å². The van der Waals surface area contributed by atoms with Crippen molar-refractivity contribution in [3.8, 4) is 5.75 Å². The number of benzene rings is 2. The van der Waals surface area contributed by atoms with E-state index in [0.29, 0.717) is 34.0 Å². The zero-order chi connectivity index (χ0) is 22.2. The van der Waals surface area contributed by atoms with E-state index in [9.17, 15) is 9.59 Å². The zero-order valence-electron chi connectivity index (χ0n) is 17.8. The first-order chi connectivity index (χ1) is 15.6. The Hall–Kier alpha value is -3.45. The van der Waals surface area contributed by atoms with Crippen molar-refractivity contribution in [1.29, 1.82) is 0 Å². The first kappa shape index (κ1) is 20.5. The average molecular weight is 447 g/mol. The highest BCUT2D eigenvalue weighted by atomic mass is 32.1. The number of aromatic nitrogens is 1. The summed E-state index contributed by atoms with van der Waals surface area (Å²) < 4.78 is 11.8. The molecule has 5 rings (SSSR count). The van der Waals surface area contributed by atoms with Crippen LogP contribution in [-0.2, 0) is 6.42 Å². The van der Waals surface area contributed by atoms with Crippen molar-refractivity contribution in [3.63, 3.8) is 0 Å². The first-order valence-electron chi connectivity index (χ1n) is 10.7. The fourth-order valence-electron chi connectivity index (χ4n) is 4.08. The summed E-state index contributed by atoms with van der Waals surface area (Å²) >= 11 is 1.35. The van der Waals surface area contributed by atoms with Crippen molar-refractivity contribution in [2.75, 3.05) is 11.5 Å². The predicted octanol–water partition coefficient (Wildman–Crippen LogP) is 5.35. The number of fused-ring (bicyclic) bond motifs is 2. The summed E-state index contributed by atoms with van der Waals surface area (Å²) in [5, 5.41) is 2.81. The van der Waals surface area contributed by atoms with Gasteiger partial charge in [-0.2, -0.15) is 0 Å². The first-order valence-corrected chi connectivity index (χ1v) is 11.6. The molecule has 0 spiro atoms. The van der Waals surface area contributed by atoms with Gasteiger partial charge in [0.2, 0.25) is 5.76 Å². The molecule has 1 unspecified atom stereocenters. The molecule has 2 aromatic heterocycles. The zero-order valence-corrected chi connectivity index (χ0v) is 18.6. The number of carbonyl (C=O) groups is 1. The molecule has 0 aliphatic carbocycles. The number of carbonyl (C=O) groups excluding carboxylic acids is 1. The van der Waals surface area contributed by atoms with Crippen LogP contribution in [0, 0.1) is 0 Å². The fraction of sp³-hybridized carbons (Fsp3) is 0.240. The van der Waals surface area contributed by atoms with E-state index < -0.39 is 6.04 Å². The molecule has 162 valence electrons. The molecule has 1 aliphatic rings. The highest BCUT2D eigenvalue weighted by Gasteiger charge is 2.44. The van der Waals surface area contributed by atoms with E-state index in [1.54, 1.807) is 17.2 Å². The van der Waals surface area contributed by atoms with Gasteiger partial charge >= 0.3 is 0 Å². The normalized spacial score (nSPS) is 15.4. The molecule has 7 heteroatoms. The Kier molecular flexibility index (Phi) is 5.27. The van der Waals surface area contributed by atoms with Crippen molar-refractivity contribution in [2.24, 2.45) is 0 Å². The number of nitrogens with zero attached hydrogens (tertiary/aromatic N) is 2. The number of hydrogen-bond acceptors (Lipinski definition) is 6. The molecule has 0 bridgehead atoms. The van der Waals surface area contributed by atoms with Gasteiger partial charge < -0.3 is 9.15 Å². The minimum absolute atomic E-state index is 0.0758. The Morgan fingerprint density at radius 3 is 2.78 bits per heavy atom. The van der Waals surface area contributed by atoms with Gasteiger partial charge in [-0.3, -0.25) is 14.5 Å². The molecule has 0 saturated heterocycles. The molecule has 1 aliphatic heterocycles. The van der Waals surface area contributed by atoms with Crippen LogP contribution in [0.4, 0.5) is 5.13 Å². The van der Waals surface area contributed by atoms with Gasteiger partial charge in [0, 0.05) is 11.6 Å². The maximum Gasteiger partial charge on any atom is 0.297 e. The Morgan fingerprint density at radius 2 is 2.03 bits per heavy atom. The van der Waals surface area contributed by atoms with Gasteiger partial charge in [0.25, 0.3) is 5.91 Å². The smallest absolute Gasteiger partial charge is 0.297 e. The SMILES string of the molecule is CCCOc1cccc(C2c3c(oc4ccc(CC)cc4c3=O)C(=O)N2c2nccs2)c1. The van der Waals surface area contributed by atoms with Crippen LogP contribution in [0.1, 0.15) is 53.6 Å². The van der Waals surface area contributed by atoms with Crippen LogP contribution < -0.4 is 15.1 Å². The molecular formula is C25H22N2O4S. The molecule has 3 heterocycles. The summed E-state index contributed by atoms with van der Waals surface area (Å²) in [6, 6.07) is 12.4. The molecule has 1 amide bonds. The van der Waals surface area contributed by atoms with Crippen molar-refractivity contribution >= 4 is 33.3 Å². The molecule has 2 aromatic carbocycles. The molecule has 32 heavy (non-hydrogen) atoms. The lowest BCUT2D eigenvalue weighted by atomic mass is 9.98. The van der Waals surface area contributed by atoms with Gasteiger partial charge in [-0.05, 0) is 48.2 Å². The molecule has 6 nitrogen and oxygen atoms in total. The maximum absolute atomic E-state index is 13.7. The van der Waals surface area contributed by atoms with Crippen LogP contribution >= 0.6 is 11.3 Å². The lowest BCUT2D eigenvalue weighted by Gasteiger charge is -2.23. The number of thiazole rings is 1. The second-order valence-corrected chi connectivity index (χ2v) is 8.54. The number of ether oxygens (including phenoxy) is 1. The monoisotopic (exact) mass is 446 g/mol. The number of anilines is 1. The summed E-state index contributed by atoms with van der Waals surface area (Å²) in [6.45, 7) is 4.67. The number of hydrogen-bond donors (Lipinski definition) is 0. The van der Waals surface area contributed by atoms with Crippen LogP contribution in [0.2, 0.25) is 0 Å². The second-order valence-electron chi connectivity index (χ2n) is 7.67. The van der Waals surface area contributed by atoms with Crippen molar-refractivity contribution < 1.29 is 13.9 Å². The van der Waals surface area contributed by atoms with Gasteiger partial charge in [0.15, 0.2) is 10.6 Å². The summed E-state index contributed by atoms with van der Waals surface area (Å²) in [7, 11) is 0. The molecule has 0 N–H and O–H groups in total. The van der Waals surface area contributed by atoms with E-state index in [1.165, 1.54) is 11.3 Å². The Labute approximate surface area is 189 Å². The van der Waals surface area contributed by atoms with Crippen molar-refractivity contribution in [1.82, 2.24) is 4.98 Å². The number of rotatable bonds is 6. The Morgan fingerprint density at radius 1 is 1.16 bits per heavy atom. The molecule has 0 radical (unpaired) electrons. The summed E-state index contributed by atoms with van der Waals surface area (Å²) in [4.78, 5) is 33.1. The summed E-state index contributed by atoms with van der Waals surface area (Å²) in [5.41, 5.74) is 2.39. The predicted molar refractivity (Wildman–Crippen MR) is 125 cm³/mol. The van der Waals surface area contributed by atoms with Gasteiger partial charge in [0.05, 0.1) is 23.6 Å². The third kappa shape index (κ3) is 3.29. The topological polar surface area (TPSA) is 72.6 Å². The fourth-order valence-corrected chi connectivity index (χ4v) is 4.75. The van der Waals surface area contributed by atoms with E-state index in [1.807, 2.05) is 55.6 Å². The minimum Gasteiger partial charge on any atom is -0.494 e. The Balaban J connectivity index is 1.75. The largest absolute Gasteiger partial charge is 0.494 e. The van der Waals surface area contributed by atoms with Gasteiger partial charge in [0.1, 0.15) is 11.3 Å². The lowest BCUT2D eigenvalue weighted by Crippen LogP contribution is -2.29. The van der Waals surface area contributed by atoms with Crippen molar-refractivity contribution in [3.05, 3.63) is 86.7 Å². The van der Waals surface area contributed by atoms with Gasteiger partial charge in [-0.1, -0.05) is 32.0 Å². The van der Waals surface area contributed by atoms with Crippen LogP contribution in [0.3, 0.4) is 0 Å². The minimum atomic E-state index is -0.639. The Bertz CT molecular complexity index is 1360. The van der Waals surface area contributed by atoms with Gasteiger partial charge in [-0.25, -0.2) is 4.98 Å². The molecule has 1 atom stereocenters. The molecule has 4 aromatic rings. The van der Waals surface area contributed by atoms with Crippen LogP contribution in [0.15, 0.2) is 63.3 Å². The van der Waals surface area contributed by atoms with Gasteiger partial charge in [-0.15, -0.1) is 11.3 Å². The summed E-state index contributed by atoms with van der Waals surface area (Å²) in [5.74, 6) is 0.410. The third-order valence-corrected chi connectivity index (χ3v) is 6.39. The third-order valence-electron chi connectivity index (χ3n) is 5.61. The quantitative estimate of drug-likeness (QED) is 0.399. The maximum atomic E-state index is 13.7. The lowest BCUT2D eigenvalue weighted by molar-refractivity contribution is 0.0971. The van der Waals surface area contributed by atoms with Crippen LogP contribution in [0.5, 0.6) is 5.75 Å². The van der Waals surface area contributed by atoms with Crippen molar-refractivity contribution in [2.45, 2.75) is 32.7 Å². The van der Waals surface area contributed by atoms with E-state index in [2.05, 4.69) is 4.98 Å². The highest BCUT2D eigenvalue weighted by Crippen LogP contribution is 2.42. The van der Waals surface area contributed by atoms with E-state index in [0.717, 1.165) is 24.0 Å². The van der Waals surface area contributed by atoms with Crippen LogP contribution in [-0.4, -0.2) is 17.5 Å². The molecule has 0 saturated carbocycles. The summed E-state index contributed by atoms with van der Waals surface area (Å²) in [6.07, 6.45) is 3.33. The second kappa shape index (κ2) is 8.24. The highest BCUT2D eigenvalue weighted by molar-refractivity contribution is 7.13. The molecule has 0 fully saturated rings. The van der Waals surface area contributed by atoms with E-state index >= 15 is 0 Å².